The molecular weight excluding hydrogens is 530 g/mol. The molecule has 4 aliphatic carbocycles. The zero-order chi connectivity index (χ0) is 27.9. The van der Waals surface area contributed by atoms with E-state index in [0.717, 1.165) is 49.2 Å². The van der Waals surface area contributed by atoms with Gasteiger partial charge in [0, 0.05) is 43.6 Å². The number of sulfonamides is 1. The van der Waals surface area contributed by atoms with E-state index in [4.69, 9.17) is 5.11 Å². The van der Waals surface area contributed by atoms with E-state index in [9.17, 15) is 18.3 Å². The maximum atomic E-state index is 13.1. The molecule has 7 rings (SSSR count). The zero-order valence-corrected chi connectivity index (χ0v) is 23.4. The van der Waals surface area contributed by atoms with Gasteiger partial charge in [0.05, 0.1) is 29.3 Å². The van der Waals surface area contributed by atoms with Crippen molar-refractivity contribution in [2.75, 3.05) is 54.1 Å². The van der Waals surface area contributed by atoms with Crippen molar-refractivity contribution in [2.45, 2.75) is 43.7 Å². The number of piperazine rings is 1. The fraction of sp³-hybridized carbons (Fsp3) is 0.552. The monoisotopic (exact) mass is 569 g/mol. The van der Waals surface area contributed by atoms with Crippen LogP contribution in [0.15, 0.2) is 48.5 Å². The molecule has 1 heterocycles. The van der Waals surface area contributed by atoms with Crippen molar-refractivity contribution in [1.82, 2.24) is 9.62 Å². The van der Waals surface area contributed by atoms with Crippen molar-refractivity contribution in [3.05, 3.63) is 48.5 Å². The SMILES string of the molecule is O=C(Nc1ccccc1Nc1ccc(N2CCN(S(=O)(=O)CCO)CC2)cc1)NC1C2CC3CC1CC(O)(C3)C2. The highest BCUT2D eigenvalue weighted by molar-refractivity contribution is 7.89. The van der Waals surface area contributed by atoms with Crippen LogP contribution < -0.4 is 20.9 Å². The third kappa shape index (κ3) is 5.65. The molecule has 4 bridgehead atoms. The summed E-state index contributed by atoms with van der Waals surface area (Å²) in [6.45, 7) is 1.59. The fourth-order valence-electron chi connectivity index (χ4n) is 7.61. The minimum atomic E-state index is -3.41. The highest BCUT2D eigenvalue weighted by Crippen LogP contribution is 2.55. The Hall–Kier alpha value is -2.86. The molecule has 1 aliphatic heterocycles. The van der Waals surface area contributed by atoms with Gasteiger partial charge < -0.3 is 31.1 Å². The van der Waals surface area contributed by atoms with Crippen molar-refractivity contribution < 1.29 is 23.4 Å². The molecule has 2 aromatic rings. The van der Waals surface area contributed by atoms with Crippen molar-refractivity contribution in [3.8, 4) is 0 Å². The maximum absolute atomic E-state index is 13.1. The van der Waals surface area contributed by atoms with E-state index in [1.165, 1.54) is 4.31 Å². The number of carbonyl (C=O) groups is 1. The smallest absolute Gasteiger partial charge is 0.319 e. The third-order valence-electron chi connectivity index (χ3n) is 9.21. The molecule has 10 nitrogen and oxygen atoms in total. The number of amides is 2. The number of carbonyl (C=O) groups excluding carboxylic acids is 1. The van der Waals surface area contributed by atoms with E-state index in [1.54, 1.807) is 0 Å². The summed E-state index contributed by atoms with van der Waals surface area (Å²) in [5.41, 5.74) is 2.83. The molecule has 0 spiro atoms. The normalized spacial score (nSPS) is 29.8. The van der Waals surface area contributed by atoms with Crippen LogP contribution in [0.25, 0.3) is 0 Å². The predicted octanol–water partition coefficient (Wildman–Crippen LogP) is 2.94. The minimum Gasteiger partial charge on any atom is -0.395 e. The number of aliphatic hydroxyl groups is 2. The molecule has 40 heavy (non-hydrogen) atoms. The van der Waals surface area contributed by atoms with Gasteiger partial charge in [-0.25, -0.2) is 13.2 Å². The summed E-state index contributed by atoms with van der Waals surface area (Å²) < 4.78 is 25.9. The van der Waals surface area contributed by atoms with Gasteiger partial charge in [-0.15, -0.1) is 0 Å². The summed E-state index contributed by atoms with van der Waals surface area (Å²) >= 11 is 0. The lowest BCUT2D eigenvalue weighted by atomic mass is 9.52. The van der Waals surface area contributed by atoms with Gasteiger partial charge >= 0.3 is 6.03 Å². The molecule has 4 saturated carbocycles. The first-order valence-corrected chi connectivity index (χ1v) is 15.9. The Morgan fingerprint density at radius 3 is 2.20 bits per heavy atom. The average Bonchev–Trinajstić information content (AvgIpc) is 2.91. The number of para-hydroxylation sites is 2. The number of urea groups is 1. The Morgan fingerprint density at radius 1 is 0.925 bits per heavy atom. The number of nitrogens with one attached hydrogen (secondary N) is 3. The molecule has 1 saturated heterocycles. The highest BCUT2D eigenvalue weighted by atomic mass is 32.2. The second-order valence-corrected chi connectivity index (χ2v) is 14.1. The lowest BCUT2D eigenvalue weighted by Gasteiger charge is -2.58. The van der Waals surface area contributed by atoms with Gasteiger partial charge in [0.1, 0.15) is 0 Å². The Kier molecular flexibility index (Phi) is 7.41. The first kappa shape index (κ1) is 27.3. The Morgan fingerprint density at radius 2 is 1.57 bits per heavy atom. The molecule has 11 heteroatoms. The zero-order valence-electron chi connectivity index (χ0n) is 22.6. The summed E-state index contributed by atoms with van der Waals surface area (Å²) in [7, 11) is -3.41. The summed E-state index contributed by atoms with van der Waals surface area (Å²) in [5, 5.41) is 29.5. The Bertz CT molecular complexity index is 1310. The van der Waals surface area contributed by atoms with Crippen LogP contribution in [0.1, 0.15) is 32.1 Å². The van der Waals surface area contributed by atoms with Gasteiger partial charge in [0.15, 0.2) is 0 Å². The van der Waals surface area contributed by atoms with Gasteiger partial charge in [-0.3, -0.25) is 0 Å². The number of rotatable bonds is 8. The molecule has 5 aliphatic rings. The lowest BCUT2D eigenvalue weighted by Crippen LogP contribution is -2.62. The standard InChI is InChI=1S/C29H39N5O5S/c35-13-14-40(38,39)34-11-9-33(10-12-34)24-7-5-23(6-8-24)30-25-3-1-2-4-26(25)31-28(36)32-27-21-15-20-16-22(27)19-29(37,17-20)18-21/h1-8,20-22,27,30,35,37H,9-19H2,(H2,31,32,36). The lowest BCUT2D eigenvalue weighted by molar-refractivity contribution is -0.136. The van der Waals surface area contributed by atoms with Crippen LogP contribution in [-0.2, 0) is 10.0 Å². The van der Waals surface area contributed by atoms with Crippen LogP contribution in [-0.4, -0.2) is 79.1 Å². The first-order valence-electron chi connectivity index (χ1n) is 14.3. The van der Waals surface area contributed by atoms with Crippen LogP contribution in [0.2, 0.25) is 0 Å². The van der Waals surface area contributed by atoms with E-state index in [1.807, 2.05) is 48.5 Å². The largest absolute Gasteiger partial charge is 0.395 e. The molecule has 5 N–H and O–H groups in total. The van der Waals surface area contributed by atoms with E-state index >= 15 is 0 Å². The molecule has 5 fully saturated rings. The van der Waals surface area contributed by atoms with E-state index in [-0.39, 0.29) is 24.4 Å². The van der Waals surface area contributed by atoms with Crippen molar-refractivity contribution in [2.24, 2.45) is 17.8 Å². The second kappa shape index (κ2) is 10.8. The van der Waals surface area contributed by atoms with Crippen LogP contribution in [0.4, 0.5) is 27.5 Å². The van der Waals surface area contributed by atoms with Gasteiger partial charge in [-0.1, -0.05) is 12.1 Å². The maximum Gasteiger partial charge on any atom is 0.319 e. The summed E-state index contributed by atoms with van der Waals surface area (Å²) in [4.78, 5) is 15.2. The van der Waals surface area contributed by atoms with E-state index in [2.05, 4.69) is 20.9 Å². The quantitative estimate of drug-likeness (QED) is 0.330. The summed E-state index contributed by atoms with van der Waals surface area (Å²) in [5.74, 6) is 1.05. The van der Waals surface area contributed by atoms with Gasteiger partial charge in [0.2, 0.25) is 10.0 Å². The topological polar surface area (TPSA) is 134 Å². The van der Waals surface area contributed by atoms with Crippen LogP contribution in [0.5, 0.6) is 0 Å². The first-order chi connectivity index (χ1) is 19.2. The minimum absolute atomic E-state index is 0.112. The molecule has 0 radical (unpaired) electrons. The highest BCUT2D eigenvalue weighted by Gasteiger charge is 2.55. The van der Waals surface area contributed by atoms with Crippen LogP contribution in [0, 0.1) is 17.8 Å². The third-order valence-corrected chi connectivity index (χ3v) is 11.1. The van der Waals surface area contributed by atoms with Crippen LogP contribution in [0.3, 0.4) is 0 Å². The molecule has 2 atom stereocenters. The van der Waals surface area contributed by atoms with Crippen molar-refractivity contribution in [3.63, 3.8) is 0 Å². The predicted molar refractivity (Wildman–Crippen MR) is 155 cm³/mol. The Balaban J connectivity index is 1.05. The van der Waals surface area contributed by atoms with Crippen LogP contribution >= 0.6 is 0 Å². The van der Waals surface area contributed by atoms with E-state index < -0.39 is 15.6 Å². The number of benzene rings is 2. The van der Waals surface area contributed by atoms with Crippen molar-refractivity contribution in [1.29, 1.82) is 0 Å². The fourth-order valence-corrected chi connectivity index (χ4v) is 8.82. The number of hydrogen-bond acceptors (Lipinski definition) is 7. The summed E-state index contributed by atoms with van der Waals surface area (Å²) in [6, 6.07) is 15.5. The number of anilines is 4. The van der Waals surface area contributed by atoms with Gasteiger partial charge in [-0.05, 0) is 86.3 Å². The number of hydrogen-bond donors (Lipinski definition) is 5. The van der Waals surface area contributed by atoms with E-state index in [0.29, 0.717) is 49.6 Å². The van der Waals surface area contributed by atoms with Crippen molar-refractivity contribution >= 4 is 38.8 Å². The molecule has 2 unspecified atom stereocenters. The Labute approximate surface area is 235 Å². The molecule has 0 aromatic heterocycles. The number of nitrogens with zero attached hydrogens (tertiary/aromatic N) is 2. The molecule has 2 amide bonds. The van der Waals surface area contributed by atoms with Gasteiger partial charge in [-0.2, -0.15) is 4.31 Å². The molecule has 2 aromatic carbocycles. The van der Waals surface area contributed by atoms with Gasteiger partial charge in [0.25, 0.3) is 0 Å². The average molecular weight is 570 g/mol. The number of aliphatic hydroxyl groups excluding tert-OH is 1. The molecular formula is C29H39N5O5S. The summed E-state index contributed by atoms with van der Waals surface area (Å²) in [6.07, 6.45) is 4.69. The molecule has 216 valence electrons. The second-order valence-electron chi connectivity index (χ2n) is 12.0.